The van der Waals surface area contributed by atoms with E-state index in [0.29, 0.717) is 66.9 Å². The minimum absolute atomic E-state index is 0.152. The van der Waals surface area contributed by atoms with Gasteiger partial charge in [-0.15, -0.1) is 6.58 Å². The molecule has 0 saturated carbocycles. The maximum atomic E-state index is 13.6. The van der Waals surface area contributed by atoms with Crippen molar-refractivity contribution in [2.24, 2.45) is 0 Å². The summed E-state index contributed by atoms with van der Waals surface area (Å²) in [7, 11) is -0.175. The lowest BCUT2D eigenvalue weighted by Crippen LogP contribution is -2.29. The number of rotatable bonds is 22. The Balaban J connectivity index is 0.000000144. The smallest absolute Gasteiger partial charge is 0.305 e. The van der Waals surface area contributed by atoms with Gasteiger partial charge in [0.15, 0.2) is 0 Å². The topological polar surface area (TPSA) is 169 Å². The van der Waals surface area contributed by atoms with E-state index in [-0.39, 0.29) is 77.5 Å². The Morgan fingerprint density at radius 3 is 1.28 bits per heavy atom. The number of halogens is 6. The van der Waals surface area contributed by atoms with Crippen LogP contribution >= 0.6 is 0 Å². The highest BCUT2D eigenvalue weighted by Gasteiger charge is 2.35. The first-order valence-corrected chi connectivity index (χ1v) is 41.2. The number of fused-ring (bicyclic) bond motifs is 1. The zero-order valence-electron chi connectivity index (χ0n) is 67.6. The molecule has 14 aromatic rings. The molecule has 20 heteroatoms. The van der Waals surface area contributed by atoms with E-state index in [4.69, 9.17) is 14.6 Å². The first-order valence-electron chi connectivity index (χ1n) is 39.5. The summed E-state index contributed by atoms with van der Waals surface area (Å²) in [6.45, 7) is 5.28. The van der Waals surface area contributed by atoms with Gasteiger partial charge in [-0.05, 0) is 254 Å². The second-order valence-electron chi connectivity index (χ2n) is 28.3. The van der Waals surface area contributed by atoms with E-state index in [1.165, 1.54) is 94.7 Å². The summed E-state index contributed by atoms with van der Waals surface area (Å²) < 4.78 is 120. The van der Waals surface area contributed by atoms with Crippen molar-refractivity contribution in [3.63, 3.8) is 0 Å². The molecule has 0 radical (unpaired) electrons. The number of nitrogens with one attached hydrogen (secondary N) is 1. The second-order valence-corrected chi connectivity index (χ2v) is 30.3. The highest BCUT2D eigenvalue weighted by Crippen LogP contribution is 2.34. The van der Waals surface area contributed by atoms with Crippen LogP contribution in [0.1, 0.15) is 72.6 Å². The van der Waals surface area contributed by atoms with Gasteiger partial charge in [-0.25, -0.2) is 34.8 Å². The Hall–Kier alpha value is -14.2. The third-order valence-corrected chi connectivity index (χ3v) is 21.5. The van der Waals surface area contributed by atoms with E-state index >= 15 is 0 Å². The van der Waals surface area contributed by atoms with Crippen LogP contribution in [0.5, 0.6) is 11.5 Å². The van der Waals surface area contributed by atoms with Crippen molar-refractivity contribution < 1.29 is 73.3 Å². The minimum Gasteiger partial charge on any atom is -0.497 e. The van der Waals surface area contributed by atoms with Crippen LogP contribution in [0.2, 0.25) is 0 Å². The van der Waals surface area contributed by atoms with Crippen molar-refractivity contribution in [3.8, 4) is 78.3 Å². The monoisotopic (exact) mass is 1670 g/mol. The molecule has 0 unspecified atom stereocenters. The Morgan fingerprint density at radius 2 is 0.829 bits per heavy atom. The number of aliphatic hydroxyl groups is 1. The molecule has 2 aliphatic rings. The number of carbonyl (C=O) groups is 4. The summed E-state index contributed by atoms with van der Waals surface area (Å²) in [6.07, 6.45) is 4.84. The average molecular weight is 1670 g/mol. The molecular formula is C103H89F6N3O10S. The number of anilines is 1. The first kappa shape index (κ1) is 89.6. The van der Waals surface area contributed by atoms with E-state index in [1.807, 2.05) is 164 Å². The van der Waals surface area contributed by atoms with Crippen molar-refractivity contribution in [3.05, 3.63) is 426 Å². The zero-order chi connectivity index (χ0) is 87.0. The number of hydrogen-bond acceptors (Lipinski definition) is 10. The van der Waals surface area contributed by atoms with E-state index < -0.39 is 10.0 Å². The lowest BCUT2D eigenvalue weighted by molar-refractivity contribution is -0.140. The molecule has 0 bridgehead atoms. The largest absolute Gasteiger partial charge is 0.497 e. The van der Waals surface area contributed by atoms with Crippen LogP contribution in [0.3, 0.4) is 0 Å². The molecule has 14 aromatic carbocycles. The first-order chi connectivity index (χ1) is 59.6. The number of carbonyl (C=O) groups excluding carboxylic acids is 4. The van der Waals surface area contributed by atoms with Gasteiger partial charge in [-0.2, -0.15) is 0 Å². The summed E-state index contributed by atoms with van der Waals surface area (Å²) >= 11 is 0. The van der Waals surface area contributed by atoms with E-state index in [1.54, 1.807) is 116 Å². The van der Waals surface area contributed by atoms with Crippen LogP contribution in [-0.2, 0) is 45.5 Å². The number of ether oxygens (including phenoxy) is 3. The summed E-state index contributed by atoms with van der Waals surface area (Å²) in [5.41, 5.74) is 16.2. The quantitative estimate of drug-likeness (QED) is 0.0288. The molecule has 2 heterocycles. The van der Waals surface area contributed by atoms with Gasteiger partial charge >= 0.3 is 5.97 Å². The molecule has 123 heavy (non-hydrogen) atoms. The maximum absolute atomic E-state index is 13.6. The highest BCUT2D eigenvalue weighted by atomic mass is 32.2. The van der Waals surface area contributed by atoms with Gasteiger partial charge < -0.3 is 24.6 Å². The molecule has 2 aliphatic heterocycles. The van der Waals surface area contributed by atoms with Crippen molar-refractivity contribution in [2.75, 3.05) is 44.0 Å². The van der Waals surface area contributed by atoms with E-state index in [2.05, 4.69) is 16.6 Å². The molecule has 1 fully saturated rings. The van der Waals surface area contributed by atoms with Crippen LogP contribution in [0, 0.1) is 34.9 Å². The number of esters is 1. The van der Waals surface area contributed by atoms with Crippen molar-refractivity contribution >= 4 is 39.4 Å². The number of imide groups is 1. The van der Waals surface area contributed by atoms with Gasteiger partial charge in [0, 0.05) is 31.7 Å². The predicted octanol–water partition coefficient (Wildman–Crippen LogP) is 22.8. The van der Waals surface area contributed by atoms with Gasteiger partial charge in [0.25, 0.3) is 17.7 Å². The van der Waals surface area contributed by atoms with Crippen LogP contribution in [0.4, 0.5) is 32.0 Å². The number of amides is 3. The average Bonchev–Trinajstić information content (AvgIpc) is 1.65. The van der Waals surface area contributed by atoms with E-state index in [9.17, 15) is 53.9 Å². The molecular weight excluding hydrogens is 1590 g/mol. The number of hydrogen-bond donors (Lipinski definition) is 2. The SMILES string of the molecule is C=CCNC(=O)c1cccc(-c2cccc(F)c2)c1.COC(=O)CCc1cccc(-c2cccc(F)c2)c1.COc1ccc(OCc2cccc(-c3cccc(F)c3)c2)cc1.O=C1c2ccccc2C(=O)N1Cc1ccccc1-c1cccc(F)c1.O=S1(=O)CCCN1c1cccc(-c2cccc(F)c2)c1.OCCCc1cccc(-c2cccc(F)c2)c1. The van der Waals surface area contributed by atoms with Crippen molar-refractivity contribution in [1.82, 2.24) is 10.2 Å². The molecule has 2 N–H and O–H groups in total. The Morgan fingerprint density at radius 1 is 0.439 bits per heavy atom. The zero-order valence-corrected chi connectivity index (χ0v) is 68.4. The Bertz CT molecular complexity index is 6050. The fraction of sp³-hybridized carbons (Fsp3) is 0.126. The van der Waals surface area contributed by atoms with Crippen LogP contribution in [0.25, 0.3) is 66.8 Å². The molecule has 1 saturated heterocycles. The van der Waals surface area contributed by atoms with Gasteiger partial charge in [0.05, 0.1) is 43.3 Å². The number of aliphatic hydroxyl groups excluding tert-OH is 1. The van der Waals surface area contributed by atoms with Crippen LogP contribution < -0.4 is 19.1 Å². The molecule has 0 aliphatic carbocycles. The Kier molecular flexibility index (Phi) is 32.6. The third kappa shape index (κ3) is 26.1. The maximum Gasteiger partial charge on any atom is 0.305 e. The molecule has 0 atom stereocenters. The fourth-order valence-electron chi connectivity index (χ4n) is 13.5. The van der Waals surface area contributed by atoms with Gasteiger partial charge in [0.1, 0.15) is 53.0 Å². The molecule has 16 rings (SSSR count). The number of methoxy groups -OCH3 is 2. The summed E-state index contributed by atoms with van der Waals surface area (Å²) in [5, 5.41) is 11.5. The number of sulfonamides is 1. The molecule has 0 aromatic heterocycles. The number of benzene rings is 14. The Labute approximate surface area is 712 Å². The van der Waals surface area contributed by atoms with Crippen LogP contribution in [0.15, 0.2) is 352 Å². The van der Waals surface area contributed by atoms with Crippen LogP contribution in [-0.4, -0.2) is 81.8 Å². The molecule has 624 valence electrons. The lowest BCUT2D eigenvalue weighted by atomic mass is 9.99. The number of nitrogens with zero attached hydrogens (tertiary/aromatic N) is 2. The summed E-state index contributed by atoms with van der Waals surface area (Å²) in [6, 6.07) is 98.2. The third-order valence-electron chi connectivity index (χ3n) is 19.6. The molecule has 0 spiro atoms. The van der Waals surface area contributed by atoms with Gasteiger partial charge in [-0.1, -0.05) is 206 Å². The van der Waals surface area contributed by atoms with Gasteiger partial charge in [0.2, 0.25) is 10.0 Å². The normalized spacial score (nSPS) is 12.0. The van der Waals surface area contributed by atoms with Crippen molar-refractivity contribution in [2.45, 2.75) is 45.3 Å². The number of aryl methyl sites for hydroxylation is 2. The molecule has 13 nitrogen and oxygen atoms in total. The standard InChI is InChI=1S/C21H14FNO2.C20H17FO2.C16H14FNO.C16H15FO2.C15H14FNO2S.C15H15FO/c22-16-8-5-7-14(12-16)17-9-2-1-6-15(17)13-23-20(24)18-10-3-4-11-19(18)21(23)25;1-22-19-8-10-20(11-9-19)23-14-15-4-2-5-16(12-15)17-6-3-7-18(21)13-17;1-2-9-18-16(19)14-7-3-5-12(10-14)13-6-4-8-15(17)11-13;1-19-16(18)9-8-12-4-2-5-13(10-12)14-6-3-7-15(17)11-14;16-14-6-1-4-12(10-14)13-5-2-7-15(11-13)17-8-3-9-20(17,18)19;16-15-8-2-7-14(11-15)13-6-1-4-12(10-13)5-3-9-17/h1-12H,13H2;2-13H,14H2,1H3;2-8,10-11H,1,9H2,(H,18,19);2-7,10-11H,8-9H2,1H3;1-2,4-7,10-11H,3,8-9H2;1-2,4,6-8,10-11,17H,3,5,9H2. The minimum atomic E-state index is -3.19. The lowest BCUT2D eigenvalue weighted by Gasteiger charge is -2.17. The van der Waals surface area contributed by atoms with Gasteiger partial charge in [-0.3, -0.25) is 28.4 Å². The van der Waals surface area contributed by atoms with E-state index in [0.717, 1.165) is 102 Å². The summed E-state index contributed by atoms with van der Waals surface area (Å²) in [5.74, 6) is -0.847. The molecule has 3 amide bonds. The predicted molar refractivity (Wildman–Crippen MR) is 473 cm³/mol. The second kappa shape index (κ2) is 44.7. The van der Waals surface area contributed by atoms with Crippen molar-refractivity contribution in [1.29, 1.82) is 0 Å². The summed E-state index contributed by atoms with van der Waals surface area (Å²) in [4.78, 5) is 49.3. The highest BCUT2D eigenvalue weighted by molar-refractivity contribution is 7.93. The fourth-order valence-corrected chi connectivity index (χ4v) is 15.0.